The summed E-state index contributed by atoms with van der Waals surface area (Å²) in [5, 5.41) is 11.6. The first kappa shape index (κ1) is 13.1. The molecule has 92 valence electrons. The van der Waals surface area contributed by atoms with Gasteiger partial charge in [-0.3, -0.25) is 4.90 Å². The Morgan fingerprint density at radius 1 is 1.56 bits per heavy atom. The number of oxime groups is 1. The third-order valence-electron chi connectivity index (χ3n) is 2.25. The molecule has 1 heterocycles. The number of hydrogen-bond donors (Lipinski definition) is 1. The van der Waals surface area contributed by atoms with E-state index < -0.39 is 11.7 Å². The minimum Gasteiger partial charge on any atom is -0.444 e. The lowest BCUT2D eigenvalue weighted by Gasteiger charge is -2.27. The van der Waals surface area contributed by atoms with Crippen molar-refractivity contribution in [2.24, 2.45) is 5.16 Å². The fourth-order valence-electron chi connectivity index (χ4n) is 1.62. The second-order valence-electron chi connectivity index (χ2n) is 4.75. The van der Waals surface area contributed by atoms with E-state index in [2.05, 4.69) is 5.16 Å². The maximum Gasteiger partial charge on any atom is 0.410 e. The predicted octanol–water partition coefficient (Wildman–Crippen LogP) is 2.41. The van der Waals surface area contributed by atoms with E-state index >= 15 is 0 Å². The van der Waals surface area contributed by atoms with Crippen LogP contribution in [-0.4, -0.2) is 39.6 Å². The third-order valence-corrected chi connectivity index (χ3v) is 2.58. The number of ether oxygens (including phenoxy) is 1. The standard InChI is InChI=1S/C10H17ClN2O3/c1-10(2,3)16-9(14)13-6-4-5-7(13)8(11)12-15/h7,15H,4-6H2,1-3H3/t7-/m0/s1. The number of rotatable bonds is 1. The molecular formula is C10H17ClN2O3. The zero-order chi connectivity index (χ0) is 12.3. The van der Waals surface area contributed by atoms with E-state index in [1.54, 1.807) is 20.8 Å². The molecule has 0 aromatic heterocycles. The molecule has 0 aliphatic carbocycles. The molecule has 5 nitrogen and oxygen atoms in total. The van der Waals surface area contributed by atoms with Crippen LogP contribution in [0.3, 0.4) is 0 Å². The normalized spacial score (nSPS) is 22.4. The summed E-state index contributed by atoms with van der Waals surface area (Å²) in [5.74, 6) is 0. The predicted molar refractivity (Wildman–Crippen MR) is 61.0 cm³/mol. The molecule has 0 saturated carbocycles. The second-order valence-corrected chi connectivity index (χ2v) is 5.14. The summed E-state index contributed by atoms with van der Waals surface area (Å²) >= 11 is 5.73. The average molecular weight is 249 g/mol. The van der Waals surface area contributed by atoms with Gasteiger partial charge >= 0.3 is 6.09 Å². The molecule has 1 aliphatic rings. The lowest BCUT2D eigenvalue weighted by atomic mass is 10.2. The number of likely N-dealkylation sites (tertiary alicyclic amines) is 1. The maximum absolute atomic E-state index is 11.8. The molecule has 1 saturated heterocycles. The molecule has 1 N–H and O–H groups in total. The Kier molecular flexibility index (Phi) is 4.02. The number of amides is 1. The van der Waals surface area contributed by atoms with Crippen molar-refractivity contribution in [3.05, 3.63) is 0 Å². The SMILES string of the molecule is CC(C)(C)OC(=O)N1CCC[C@H]1C(Cl)=NO. The summed E-state index contributed by atoms with van der Waals surface area (Å²) in [6.07, 6.45) is 1.11. The summed E-state index contributed by atoms with van der Waals surface area (Å²) in [5.41, 5.74) is -0.535. The van der Waals surface area contributed by atoms with Gasteiger partial charge in [-0.25, -0.2) is 4.79 Å². The Labute approximate surface area is 100.0 Å². The van der Waals surface area contributed by atoms with Crippen LogP contribution in [0.25, 0.3) is 0 Å². The Morgan fingerprint density at radius 2 is 2.19 bits per heavy atom. The third kappa shape index (κ3) is 3.27. The number of carbonyl (C=O) groups is 1. The summed E-state index contributed by atoms with van der Waals surface area (Å²) in [6, 6.07) is -0.360. The van der Waals surface area contributed by atoms with Gasteiger partial charge in [0.15, 0.2) is 5.17 Å². The summed E-state index contributed by atoms with van der Waals surface area (Å²) in [6.45, 7) is 5.98. The molecule has 16 heavy (non-hydrogen) atoms. The fourth-order valence-corrected chi connectivity index (χ4v) is 1.85. The quantitative estimate of drug-likeness (QED) is 0.440. The first-order chi connectivity index (χ1) is 7.35. The Morgan fingerprint density at radius 3 is 2.69 bits per heavy atom. The molecule has 1 fully saturated rings. The van der Waals surface area contributed by atoms with E-state index in [1.807, 2.05) is 0 Å². The molecule has 0 aromatic carbocycles. The topological polar surface area (TPSA) is 62.1 Å². The van der Waals surface area contributed by atoms with Crippen LogP contribution in [0.1, 0.15) is 33.6 Å². The van der Waals surface area contributed by atoms with Crippen LogP contribution in [-0.2, 0) is 4.74 Å². The van der Waals surface area contributed by atoms with Gasteiger partial charge in [-0.05, 0) is 33.6 Å². The zero-order valence-electron chi connectivity index (χ0n) is 9.73. The summed E-state index contributed by atoms with van der Waals surface area (Å²) in [7, 11) is 0. The molecule has 6 heteroatoms. The first-order valence-corrected chi connectivity index (χ1v) is 5.60. The maximum atomic E-state index is 11.8. The molecule has 1 atom stereocenters. The number of halogens is 1. The number of nitrogens with zero attached hydrogens (tertiary/aromatic N) is 2. The smallest absolute Gasteiger partial charge is 0.410 e. The molecular weight excluding hydrogens is 232 g/mol. The van der Waals surface area contributed by atoms with Crippen molar-refractivity contribution in [1.82, 2.24) is 4.90 Å². The van der Waals surface area contributed by atoms with E-state index in [0.717, 1.165) is 6.42 Å². The van der Waals surface area contributed by atoms with Crippen LogP contribution in [0.2, 0.25) is 0 Å². The molecule has 0 unspecified atom stereocenters. The van der Waals surface area contributed by atoms with E-state index in [4.69, 9.17) is 21.5 Å². The van der Waals surface area contributed by atoms with E-state index in [1.165, 1.54) is 4.90 Å². The van der Waals surface area contributed by atoms with Crippen LogP contribution in [0.4, 0.5) is 4.79 Å². The minimum atomic E-state index is -0.535. The first-order valence-electron chi connectivity index (χ1n) is 5.22. The highest BCUT2D eigenvalue weighted by Crippen LogP contribution is 2.22. The fraction of sp³-hybridized carbons (Fsp3) is 0.800. The Hall–Kier alpha value is -0.970. The van der Waals surface area contributed by atoms with Crippen LogP contribution in [0.5, 0.6) is 0 Å². The van der Waals surface area contributed by atoms with Crippen molar-refractivity contribution in [2.45, 2.75) is 45.3 Å². The van der Waals surface area contributed by atoms with Gasteiger partial charge in [-0.2, -0.15) is 0 Å². The van der Waals surface area contributed by atoms with Gasteiger partial charge in [0.2, 0.25) is 0 Å². The number of hydrogen-bond acceptors (Lipinski definition) is 4. The van der Waals surface area contributed by atoms with Gasteiger partial charge in [0.05, 0.1) is 6.04 Å². The molecule has 0 aromatic rings. The highest BCUT2D eigenvalue weighted by molar-refractivity contribution is 6.66. The molecule has 0 radical (unpaired) electrons. The van der Waals surface area contributed by atoms with Crippen LogP contribution < -0.4 is 0 Å². The Bertz CT molecular complexity index is 299. The lowest BCUT2D eigenvalue weighted by molar-refractivity contribution is 0.0266. The molecule has 1 aliphatic heterocycles. The largest absolute Gasteiger partial charge is 0.444 e. The molecule has 0 spiro atoms. The highest BCUT2D eigenvalue weighted by atomic mass is 35.5. The van der Waals surface area contributed by atoms with Crippen molar-refractivity contribution in [1.29, 1.82) is 0 Å². The zero-order valence-corrected chi connectivity index (χ0v) is 10.5. The van der Waals surface area contributed by atoms with Crippen molar-refractivity contribution in [3.8, 4) is 0 Å². The molecule has 1 amide bonds. The summed E-state index contributed by atoms with van der Waals surface area (Å²) < 4.78 is 5.24. The van der Waals surface area contributed by atoms with E-state index in [0.29, 0.717) is 13.0 Å². The molecule has 1 rings (SSSR count). The van der Waals surface area contributed by atoms with Crippen LogP contribution >= 0.6 is 11.6 Å². The van der Waals surface area contributed by atoms with Crippen LogP contribution in [0, 0.1) is 0 Å². The van der Waals surface area contributed by atoms with E-state index in [-0.39, 0.29) is 11.2 Å². The van der Waals surface area contributed by atoms with Gasteiger partial charge in [-0.15, -0.1) is 0 Å². The second kappa shape index (κ2) is 4.91. The lowest BCUT2D eigenvalue weighted by Crippen LogP contribution is -2.42. The van der Waals surface area contributed by atoms with Crippen LogP contribution in [0.15, 0.2) is 5.16 Å². The number of carbonyl (C=O) groups excluding carboxylic acids is 1. The summed E-state index contributed by atoms with van der Waals surface area (Å²) in [4.78, 5) is 13.3. The van der Waals surface area contributed by atoms with Crippen molar-refractivity contribution in [3.63, 3.8) is 0 Å². The Balaban J connectivity index is 2.69. The van der Waals surface area contributed by atoms with Crippen molar-refractivity contribution < 1.29 is 14.7 Å². The monoisotopic (exact) mass is 248 g/mol. The average Bonchev–Trinajstić information content (AvgIpc) is 2.62. The van der Waals surface area contributed by atoms with Crippen molar-refractivity contribution in [2.75, 3.05) is 6.54 Å². The van der Waals surface area contributed by atoms with Gasteiger partial charge in [-0.1, -0.05) is 16.8 Å². The van der Waals surface area contributed by atoms with Crippen molar-refractivity contribution >= 4 is 22.9 Å². The highest BCUT2D eigenvalue weighted by Gasteiger charge is 2.34. The molecule has 0 bridgehead atoms. The van der Waals surface area contributed by atoms with Gasteiger partial charge in [0.1, 0.15) is 5.60 Å². The van der Waals surface area contributed by atoms with Gasteiger partial charge in [0.25, 0.3) is 0 Å². The van der Waals surface area contributed by atoms with Gasteiger partial charge in [0, 0.05) is 6.54 Å². The van der Waals surface area contributed by atoms with Gasteiger partial charge < -0.3 is 9.94 Å². The van der Waals surface area contributed by atoms with E-state index in [9.17, 15) is 4.79 Å². The minimum absolute atomic E-state index is 0.0309.